The Kier molecular flexibility index (Phi) is 20.7. The quantitative estimate of drug-likeness (QED) is 0.0362. The summed E-state index contributed by atoms with van der Waals surface area (Å²) in [7, 11) is 2.66. The molecule has 3 amide bonds. The topological polar surface area (TPSA) is 176 Å². The first-order valence-corrected chi connectivity index (χ1v) is 20.6. The number of aromatic nitrogens is 4. The number of alkyl carbamates (subject to hydrolysis) is 1. The Morgan fingerprint density at radius 1 is 0.846 bits per heavy atom. The van der Waals surface area contributed by atoms with Crippen LogP contribution in [0.5, 0.6) is 5.75 Å². The fraction of sp³-hybridized carbons (Fsp3) is 0.391. The van der Waals surface area contributed by atoms with Crippen LogP contribution in [-0.4, -0.2) is 99.5 Å². The van der Waals surface area contributed by atoms with Gasteiger partial charge in [-0.1, -0.05) is 69.9 Å². The van der Waals surface area contributed by atoms with Crippen molar-refractivity contribution in [2.24, 2.45) is 16.8 Å². The number of carbonyl (C=O) groups excluding carboxylic acids is 3. The molecular formula is C46H60N8O7S4. The number of carbonyl (C=O) groups is 3. The van der Waals surface area contributed by atoms with E-state index in [1.807, 2.05) is 105 Å². The summed E-state index contributed by atoms with van der Waals surface area (Å²) in [5, 5.41) is 2.72. The van der Waals surface area contributed by atoms with Crippen LogP contribution in [0, 0.1) is 23.7 Å². The number of hydrogen-bond acceptors (Lipinski definition) is 10. The zero-order chi connectivity index (χ0) is 43.0. The van der Waals surface area contributed by atoms with Crippen LogP contribution in [0.2, 0.25) is 0 Å². The maximum atomic E-state index is 14.1. The number of para-hydroxylation sites is 1. The molecule has 3 N–H and O–H groups in total. The first-order chi connectivity index (χ1) is 29.5. The van der Waals surface area contributed by atoms with Crippen LogP contribution in [0.15, 0.2) is 84.0 Å². The number of aromatic amines is 2. The third-order valence-corrected chi connectivity index (χ3v) is 11.0. The van der Waals surface area contributed by atoms with E-state index in [2.05, 4.69) is 42.0 Å². The number of aliphatic imine (C=N–C) groups is 1. The SMILES string of the molecule is COOC=N[C@H](C(=O)N1CCC[C@H]1c1ncc(-c2ccc(C#Cc3ccc4nc([C@@H]5C[C@@H](Oc6ccccc6)CN5C(=O)[C@@H](NC(=O)OC)C(C)C)[nH]c4c3)cc2)[nH]1)C(C)C.S.S.S.S. The summed E-state index contributed by atoms with van der Waals surface area (Å²) in [4.78, 5) is 73.7. The molecule has 2 saturated heterocycles. The molecule has 2 aliphatic rings. The van der Waals surface area contributed by atoms with Gasteiger partial charge < -0.3 is 39.4 Å². The number of H-pyrrole nitrogens is 2. The van der Waals surface area contributed by atoms with Gasteiger partial charge in [0.2, 0.25) is 18.2 Å². The van der Waals surface area contributed by atoms with Crippen molar-refractivity contribution in [2.75, 3.05) is 27.3 Å². The minimum atomic E-state index is -0.797. The van der Waals surface area contributed by atoms with E-state index < -0.39 is 24.2 Å². The zero-order valence-electron chi connectivity index (χ0n) is 37.3. The Balaban J connectivity index is 0.00000281. The van der Waals surface area contributed by atoms with E-state index in [9.17, 15) is 14.4 Å². The van der Waals surface area contributed by atoms with E-state index in [1.54, 1.807) is 11.1 Å². The number of fused-ring (bicyclic) bond motifs is 1. The second kappa shape index (κ2) is 24.9. The molecule has 7 rings (SSSR count). The van der Waals surface area contributed by atoms with Crippen molar-refractivity contribution >= 4 is 89.3 Å². The van der Waals surface area contributed by atoms with Crippen LogP contribution >= 0.6 is 54.0 Å². The summed E-state index contributed by atoms with van der Waals surface area (Å²) >= 11 is 0. The second-order valence-corrected chi connectivity index (χ2v) is 15.9. The highest BCUT2D eigenvalue weighted by atomic mass is 32.1. The first-order valence-electron chi connectivity index (χ1n) is 20.6. The molecule has 0 spiro atoms. The number of amides is 3. The fourth-order valence-corrected chi connectivity index (χ4v) is 7.89. The van der Waals surface area contributed by atoms with Crippen LogP contribution < -0.4 is 10.1 Å². The van der Waals surface area contributed by atoms with Crippen molar-refractivity contribution in [1.29, 1.82) is 0 Å². The van der Waals surface area contributed by atoms with Gasteiger partial charge in [0.05, 0.1) is 55.8 Å². The number of imidazole rings is 2. The van der Waals surface area contributed by atoms with Gasteiger partial charge in [0.15, 0.2) is 0 Å². The zero-order valence-corrected chi connectivity index (χ0v) is 41.3. The Labute approximate surface area is 407 Å². The average molecular weight is 965 g/mol. The normalized spacial score (nSPS) is 17.5. The molecule has 4 heterocycles. The van der Waals surface area contributed by atoms with Crippen LogP contribution in [0.4, 0.5) is 4.79 Å². The lowest BCUT2D eigenvalue weighted by Gasteiger charge is -2.29. The third-order valence-electron chi connectivity index (χ3n) is 11.0. The summed E-state index contributed by atoms with van der Waals surface area (Å²) in [5.41, 5.74) is 4.96. The van der Waals surface area contributed by atoms with E-state index in [4.69, 9.17) is 19.3 Å². The Morgan fingerprint density at radius 3 is 2.23 bits per heavy atom. The number of nitrogens with zero attached hydrogens (tertiary/aromatic N) is 5. The standard InChI is InChI=1S/C46H52N8O7.4H2S/c1-28(2)40(48-27-60-59-6)44(55)53-22-10-13-38(53)42-47-25-37(51-42)32-19-16-30(17-20-32)14-15-31-18-21-35-36(23-31)50-43(49-35)39-24-34(61-33-11-8-7-9-12-33)26-54(39)45(56)41(29(3)4)52-46(57)58-5;;;;/h7-9,11-12,16-21,23,25,27-29,34,38-41H,10,13,22,24,26H2,1-6H3,(H,47,51)(H,49,50)(H,52,57);4*1H2/t34-,38+,39+,40+,41+;;;;/m1..../s1. The number of benzene rings is 3. The molecule has 2 aliphatic heterocycles. The number of rotatable bonds is 13. The second-order valence-electron chi connectivity index (χ2n) is 15.9. The number of likely N-dealkylation sites (tertiary alicyclic amines) is 2. The Morgan fingerprint density at radius 2 is 1.55 bits per heavy atom. The molecule has 5 aromatic rings. The summed E-state index contributed by atoms with van der Waals surface area (Å²) < 4.78 is 11.1. The van der Waals surface area contributed by atoms with Gasteiger partial charge in [-0.25, -0.2) is 19.8 Å². The molecule has 0 aliphatic carbocycles. The van der Waals surface area contributed by atoms with Crippen LogP contribution in [0.3, 0.4) is 0 Å². The third kappa shape index (κ3) is 13.0. The number of ether oxygens (including phenoxy) is 2. The predicted molar refractivity (Wildman–Crippen MR) is 271 cm³/mol. The minimum Gasteiger partial charge on any atom is -0.488 e. The number of methoxy groups -OCH3 is 1. The van der Waals surface area contributed by atoms with Gasteiger partial charge >= 0.3 is 6.09 Å². The van der Waals surface area contributed by atoms with Gasteiger partial charge in [-0.05, 0) is 72.7 Å². The lowest BCUT2D eigenvalue weighted by Crippen LogP contribution is -2.51. The van der Waals surface area contributed by atoms with E-state index in [0.29, 0.717) is 31.1 Å². The number of hydrogen-bond donors (Lipinski definition) is 3. The smallest absolute Gasteiger partial charge is 0.407 e. The minimum absolute atomic E-state index is 0. The van der Waals surface area contributed by atoms with Crippen LogP contribution in [0.1, 0.15) is 81.8 Å². The van der Waals surface area contributed by atoms with Crippen LogP contribution in [0.25, 0.3) is 22.3 Å². The Bertz CT molecular complexity index is 2420. The van der Waals surface area contributed by atoms with E-state index in [-0.39, 0.29) is 89.8 Å². The lowest BCUT2D eigenvalue weighted by atomic mass is 10.0. The molecule has 65 heavy (non-hydrogen) atoms. The molecule has 0 bridgehead atoms. The van der Waals surface area contributed by atoms with Gasteiger partial charge in [0.1, 0.15) is 35.6 Å². The van der Waals surface area contributed by atoms with Gasteiger partial charge in [-0.15, -0.1) is 0 Å². The van der Waals surface area contributed by atoms with Crippen molar-refractivity contribution in [3.63, 3.8) is 0 Å². The predicted octanol–water partition coefficient (Wildman–Crippen LogP) is 7.20. The van der Waals surface area contributed by atoms with Gasteiger partial charge in [0.25, 0.3) is 0 Å². The van der Waals surface area contributed by atoms with E-state index in [0.717, 1.165) is 52.1 Å². The summed E-state index contributed by atoms with van der Waals surface area (Å²) in [5.74, 6) is 8.11. The highest BCUT2D eigenvalue weighted by molar-refractivity contribution is 7.59. The van der Waals surface area contributed by atoms with Crippen LogP contribution in [-0.2, 0) is 24.1 Å². The van der Waals surface area contributed by atoms with Crippen molar-refractivity contribution in [3.05, 3.63) is 102 Å². The summed E-state index contributed by atoms with van der Waals surface area (Å²) in [6.45, 7) is 8.63. The molecule has 2 fully saturated rings. The van der Waals surface area contributed by atoms with Gasteiger partial charge in [-0.3, -0.25) is 9.59 Å². The molecule has 5 atom stereocenters. The molecule has 0 radical (unpaired) electrons. The monoisotopic (exact) mass is 964 g/mol. The van der Waals surface area contributed by atoms with E-state index >= 15 is 0 Å². The molecule has 0 unspecified atom stereocenters. The summed E-state index contributed by atoms with van der Waals surface area (Å²) in [6.07, 6.45) is 4.20. The molecule has 15 nitrogen and oxygen atoms in total. The fourth-order valence-electron chi connectivity index (χ4n) is 7.89. The largest absolute Gasteiger partial charge is 0.488 e. The maximum absolute atomic E-state index is 14.1. The average Bonchev–Trinajstić information content (AvgIpc) is 4.10. The first kappa shape index (κ1) is 54.1. The molecule has 3 aromatic carbocycles. The molecule has 350 valence electrons. The van der Waals surface area contributed by atoms with Crippen molar-refractivity contribution < 1.29 is 33.6 Å². The highest BCUT2D eigenvalue weighted by Gasteiger charge is 2.43. The van der Waals surface area contributed by atoms with Gasteiger partial charge in [-0.2, -0.15) is 58.9 Å². The van der Waals surface area contributed by atoms with Gasteiger partial charge in [0, 0.05) is 24.1 Å². The molecule has 19 heteroatoms. The van der Waals surface area contributed by atoms with E-state index in [1.165, 1.54) is 20.6 Å². The van der Waals surface area contributed by atoms with Crippen molar-refractivity contribution in [1.82, 2.24) is 35.1 Å². The molecule has 0 saturated carbocycles. The molecular weight excluding hydrogens is 905 g/mol. The maximum Gasteiger partial charge on any atom is 0.407 e. The number of nitrogens with one attached hydrogen (secondary N) is 3. The summed E-state index contributed by atoms with van der Waals surface area (Å²) in [6, 6.07) is 21.2. The lowest BCUT2D eigenvalue weighted by molar-refractivity contribution is -0.188. The Hall–Kier alpha value is -5.26. The van der Waals surface area contributed by atoms with Crippen molar-refractivity contribution in [3.8, 4) is 28.8 Å². The highest BCUT2D eigenvalue weighted by Crippen LogP contribution is 2.36. The van der Waals surface area contributed by atoms with Crippen molar-refractivity contribution in [2.45, 2.75) is 77.2 Å². The molecule has 2 aromatic heterocycles.